The molecule has 6 nitrogen and oxygen atoms in total. The van der Waals surface area contributed by atoms with Gasteiger partial charge in [0.2, 0.25) is 0 Å². The van der Waals surface area contributed by atoms with Crippen molar-refractivity contribution in [1.82, 2.24) is 0 Å². The van der Waals surface area contributed by atoms with Crippen LogP contribution >= 0.6 is 0 Å². The minimum Gasteiger partial charge on any atom is -0.394 e. The van der Waals surface area contributed by atoms with E-state index in [0.29, 0.717) is 0 Å². The van der Waals surface area contributed by atoms with Gasteiger partial charge >= 0.3 is 0 Å². The smallest absolute Gasteiger partial charge is 0.183 e. The van der Waals surface area contributed by atoms with Gasteiger partial charge in [-0.15, -0.1) is 0 Å². The molecule has 0 spiro atoms. The Morgan fingerprint density at radius 3 is 2.00 bits per heavy atom. The largest absolute Gasteiger partial charge is 0.394 e. The maximum atomic E-state index is 9.12. The van der Waals surface area contributed by atoms with E-state index in [9.17, 15) is 0 Å². The Morgan fingerprint density at radius 2 is 1.62 bits per heavy atom. The van der Waals surface area contributed by atoms with E-state index in [1.54, 1.807) is 0 Å². The molecule has 0 aromatic heterocycles. The highest BCUT2D eigenvalue weighted by Crippen LogP contribution is 2.05. The van der Waals surface area contributed by atoms with Gasteiger partial charge in [0.15, 0.2) is 6.29 Å². The lowest BCUT2D eigenvalue weighted by atomic mass is 10.1. The second-order valence-electron chi connectivity index (χ2n) is 2.71. The molecule has 0 radical (unpaired) electrons. The Balaban J connectivity index is 3.86. The first kappa shape index (κ1) is 12.8. The number of rotatable bonds is 6. The molecule has 2 unspecified atom stereocenters. The molecule has 0 saturated heterocycles. The molecule has 0 aromatic carbocycles. The summed E-state index contributed by atoms with van der Waals surface area (Å²) in [5, 5.41) is 44.3. The summed E-state index contributed by atoms with van der Waals surface area (Å²) in [4.78, 5) is 0. The molecule has 0 fully saturated rings. The van der Waals surface area contributed by atoms with E-state index in [1.165, 1.54) is 6.92 Å². The second kappa shape index (κ2) is 6.25. The van der Waals surface area contributed by atoms with Gasteiger partial charge in [-0.25, -0.2) is 0 Å². The monoisotopic (exact) mass is 196 g/mol. The third-order valence-corrected chi connectivity index (χ3v) is 1.52. The van der Waals surface area contributed by atoms with Gasteiger partial charge in [-0.3, -0.25) is 0 Å². The molecule has 6 heteroatoms. The summed E-state index contributed by atoms with van der Waals surface area (Å²) in [5.41, 5.74) is 0. The fourth-order valence-electron chi connectivity index (χ4n) is 0.726. The molecule has 5 N–H and O–H groups in total. The first-order valence-corrected chi connectivity index (χ1v) is 3.95. The van der Waals surface area contributed by atoms with E-state index < -0.39 is 24.6 Å². The third-order valence-electron chi connectivity index (χ3n) is 1.52. The molecule has 80 valence electrons. The molecule has 0 saturated carbocycles. The van der Waals surface area contributed by atoms with Crippen molar-refractivity contribution in [3.8, 4) is 0 Å². The van der Waals surface area contributed by atoms with Crippen LogP contribution in [0.15, 0.2) is 0 Å². The molecule has 0 heterocycles. The summed E-state index contributed by atoms with van der Waals surface area (Å²) in [6, 6.07) is 0. The average molecular weight is 196 g/mol. The van der Waals surface area contributed by atoms with Crippen molar-refractivity contribution in [2.75, 3.05) is 13.2 Å². The number of hydrogen-bond acceptors (Lipinski definition) is 6. The number of hydrogen-bond donors (Lipinski definition) is 5. The summed E-state index contributed by atoms with van der Waals surface area (Å²) >= 11 is 0. The Kier molecular flexibility index (Phi) is 6.13. The van der Waals surface area contributed by atoms with E-state index in [1.807, 2.05) is 0 Å². The summed E-state index contributed by atoms with van der Waals surface area (Å²) in [6.45, 7) is 0.825. The average Bonchev–Trinajstić information content (AvgIpc) is 2.11. The zero-order chi connectivity index (χ0) is 10.4. The zero-order valence-electron chi connectivity index (χ0n) is 7.37. The molecule has 13 heavy (non-hydrogen) atoms. The first-order chi connectivity index (χ1) is 6.00. The maximum Gasteiger partial charge on any atom is 0.183 e. The van der Waals surface area contributed by atoms with Crippen LogP contribution in [0, 0.1) is 0 Å². The van der Waals surface area contributed by atoms with Gasteiger partial charge in [0, 0.05) is 0 Å². The van der Waals surface area contributed by atoms with E-state index in [4.69, 9.17) is 25.5 Å². The van der Waals surface area contributed by atoms with Crippen molar-refractivity contribution in [2.24, 2.45) is 0 Å². The van der Waals surface area contributed by atoms with Gasteiger partial charge < -0.3 is 30.3 Å². The van der Waals surface area contributed by atoms with Crippen LogP contribution in [0.1, 0.15) is 6.92 Å². The standard InChI is InChI=1S/C7H16O6/c1-4(9)5(10)6(11)7(12)13-3-2-8/h4-12H,2-3H2,1H3/t4-,5?,6?,7-/m1/s1. The van der Waals surface area contributed by atoms with Crippen molar-refractivity contribution in [3.05, 3.63) is 0 Å². The van der Waals surface area contributed by atoms with Gasteiger partial charge in [0.1, 0.15) is 12.2 Å². The van der Waals surface area contributed by atoms with Gasteiger partial charge in [-0.05, 0) is 6.92 Å². The first-order valence-electron chi connectivity index (χ1n) is 3.95. The molecule has 0 aromatic rings. The molecule has 4 atom stereocenters. The molecule has 0 aliphatic heterocycles. The van der Waals surface area contributed by atoms with E-state index >= 15 is 0 Å². The Bertz CT molecular complexity index is 128. The van der Waals surface area contributed by atoms with Crippen LogP contribution in [0.3, 0.4) is 0 Å². The van der Waals surface area contributed by atoms with Gasteiger partial charge in [-0.2, -0.15) is 0 Å². The predicted molar refractivity (Wildman–Crippen MR) is 42.7 cm³/mol. The Morgan fingerprint density at radius 1 is 1.08 bits per heavy atom. The fourth-order valence-corrected chi connectivity index (χ4v) is 0.726. The fraction of sp³-hybridized carbons (Fsp3) is 1.00. The lowest BCUT2D eigenvalue weighted by molar-refractivity contribution is -0.203. The highest BCUT2D eigenvalue weighted by Gasteiger charge is 2.28. The summed E-state index contributed by atoms with van der Waals surface area (Å²) in [5.74, 6) is 0. The van der Waals surface area contributed by atoms with E-state index in [2.05, 4.69) is 4.74 Å². The molecule has 0 rings (SSSR count). The number of aliphatic hydroxyl groups is 5. The van der Waals surface area contributed by atoms with Crippen molar-refractivity contribution >= 4 is 0 Å². The van der Waals surface area contributed by atoms with Gasteiger partial charge in [0.05, 0.1) is 19.3 Å². The molecule has 0 aliphatic rings. The highest BCUT2D eigenvalue weighted by molar-refractivity contribution is 4.74. The van der Waals surface area contributed by atoms with Crippen LogP contribution in [0.25, 0.3) is 0 Å². The predicted octanol–water partition coefficient (Wildman–Crippen LogP) is -2.58. The molecule has 0 bridgehead atoms. The second-order valence-corrected chi connectivity index (χ2v) is 2.71. The van der Waals surface area contributed by atoms with E-state index in [0.717, 1.165) is 0 Å². The molecule has 0 amide bonds. The summed E-state index contributed by atoms with van der Waals surface area (Å²) in [7, 11) is 0. The van der Waals surface area contributed by atoms with Crippen molar-refractivity contribution < 1.29 is 30.3 Å². The Hall–Kier alpha value is -0.240. The van der Waals surface area contributed by atoms with Crippen LogP contribution < -0.4 is 0 Å². The van der Waals surface area contributed by atoms with Gasteiger partial charge in [-0.1, -0.05) is 0 Å². The van der Waals surface area contributed by atoms with Gasteiger partial charge in [0.25, 0.3) is 0 Å². The quantitative estimate of drug-likeness (QED) is 0.298. The minimum atomic E-state index is -1.61. The van der Waals surface area contributed by atoms with Crippen molar-refractivity contribution in [1.29, 1.82) is 0 Å². The summed E-state index contributed by atoms with van der Waals surface area (Å²) in [6.07, 6.45) is -5.85. The highest BCUT2D eigenvalue weighted by atomic mass is 16.6. The van der Waals surface area contributed by atoms with E-state index in [-0.39, 0.29) is 13.2 Å². The van der Waals surface area contributed by atoms with Crippen LogP contribution in [-0.4, -0.2) is 63.3 Å². The lowest BCUT2D eigenvalue weighted by Crippen LogP contribution is -2.44. The van der Waals surface area contributed by atoms with Crippen LogP contribution in [0.5, 0.6) is 0 Å². The van der Waals surface area contributed by atoms with Crippen LogP contribution in [-0.2, 0) is 4.74 Å². The summed E-state index contributed by atoms with van der Waals surface area (Å²) < 4.78 is 4.51. The lowest BCUT2D eigenvalue weighted by Gasteiger charge is -2.24. The normalized spacial score (nSPS) is 20.8. The van der Waals surface area contributed by atoms with Crippen LogP contribution in [0.2, 0.25) is 0 Å². The third kappa shape index (κ3) is 4.51. The number of aliphatic hydroxyl groups excluding tert-OH is 5. The molecule has 0 aliphatic carbocycles. The zero-order valence-corrected chi connectivity index (χ0v) is 7.37. The van der Waals surface area contributed by atoms with Crippen molar-refractivity contribution in [3.63, 3.8) is 0 Å². The SMILES string of the molecule is C[C@@H](O)C(O)C(O)[C@H](O)OCCO. The molecular weight excluding hydrogens is 180 g/mol. The Labute approximate surface area is 76.0 Å². The minimum absolute atomic E-state index is 0.148. The topological polar surface area (TPSA) is 110 Å². The maximum absolute atomic E-state index is 9.12. The molecular formula is C7H16O6. The van der Waals surface area contributed by atoms with Crippen molar-refractivity contribution in [2.45, 2.75) is 31.5 Å². The van der Waals surface area contributed by atoms with Crippen LogP contribution in [0.4, 0.5) is 0 Å². The number of ether oxygens (including phenoxy) is 1.